The molecule has 0 radical (unpaired) electrons. The van der Waals surface area contributed by atoms with Crippen molar-refractivity contribution in [1.82, 2.24) is 10.2 Å². The van der Waals surface area contributed by atoms with Crippen molar-refractivity contribution in [2.75, 3.05) is 0 Å². The summed E-state index contributed by atoms with van der Waals surface area (Å²) >= 11 is 1.39. The Morgan fingerprint density at radius 3 is 2.80 bits per heavy atom. The lowest BCUT2D eigenvalue weighted by Crippen LogP contribution is -1.94. The van der Waals surface area contributed by atoms with Crippen LogP contribution in [0.2, 0.25) is 0 Å². The maximum Gasteiger partial charge on any atom is 0.147 e. The Labute approximate surface area is 90.8 Å². The Bertz CT molecular complexity index is 481. The van der Waals surface area contributed by atoms with Gasteiger partial charge in [-0.1, -0.05) is 23.5 Å². The van der Waals surface area contributed by atoms with Gasteiger partial charge >= 0.3 is 0 Å². The lowest BCUT2D eigenvalue weighted by molar-refractivity contribution is 0.619. The molecule has 0 spiro atoms. The predicted octanol–water partition coefficient (Wildman–Crippen LogP) is 2.11. The van der Waals surface area contributed by atoms with Crippen LogP contribution in [0, 0.1) is 12.7 Å². The monoisotopic (exact) mass is 223 g/mol. The number of nitrogens with two attached hydrogens (primary N) is 1. The molecule has 2 aromatic rings. The Kier molecular flexibility index (Phi) is 2.75. The third-order valence-electron chi connectivity index (χ3n) is 2.06. The normalized spacial score (nSPS) is 10.6. The van der Waals surface area contributed by atoms with E-state index in [-0.39, 0.29) is 5.82 Å². The standard InChI is InChI=1S/C10H10FN3S/c1-6-2-3-7(4-8(6)11)10-14-13-9(5-12)15-10/h2-4H,5,12H2,1H3. The zero-order valence-corrected chi connectivity index (χ0v) is 9.01. The fourth-order valence-corrected chi connectivity index (χ4v) is 1.89. The molecule has 1 heterocycles. The predicted molar refractivity (Wildman–Crippen MR) is 57.9 cm³/mol. The Balaban J connectivity index is 2.40. The van der Waals surface area contributed by atoms with Gasteiger partial charge in [0.05, 0.1) is 0 Å². The smallest absolute Gasteiger partial charge is 0.147 e. The van der Waals surface area contributed by atoms with Gasteiger partial charge in [-0.05, 0) is 18.6 Å². The molecule has 1 aromatic carbocycles. The van der Waals surface area contributed by atoms with Crippen molar-refractivity contribution in [3.05, 3.63) is 34.6 Å². The highest BCUT2D eigenvalue weighted by molar-refractivity contribution is 7.14. The zero-order valence-electron chi connectivity index (χ0n) is 8.20. The maximum atomic E-state index is 13.3. The minimum absolute atomic E-state index is 0.225. The van der Waals surface area contributed by atoms with Gasteiger partial charge in [0.2, 0.25) is 0 Å². The average Bonchev–Trinajstić information content (AvgIpc) is 2.70. The van der Waals surface area contributed by atoms with E-state index in [1.54, 1.807) is 13.0 Å². The second-order valence-electron chi connectivity index (χ2n) is 3.17. The lowest BCUT2D eigenvalue weighted by atomic mass is 10.1. The van der Waals surface area contributed by atoms with Crippen LogP contribution < -0.4 is 5.73 Å². The van der Waals surface area contributed by atoms with Crippen molar-refractivity contribution < 1.29 is 4.39 Å². The maximum absolute atomic E-state index is 13.3. The van der Waals surface area contributed by atoms with Crippen LogP contribution in [0.3, 0.4) is 0 Å². The first-order valence-corrected chi connectivity index (χ1v) is 5.31. The van der Waals surface area contributed by atoms with E-state index in [9.17, 15) is 4.39 Å². The van der Waals surface area contributed by atoms with Crippen LogP contribution in [0.5, 0.6) is 0 Å². The van der Waals surface area contributed by atoms with Gasteiger partial charge in [-0.25, -0.2) is 4.39 Å². The summed E-state index contributed by atoms with van der Waals surface area (Å²) in [5.41, 5.74) is 6.80. The van der Waals surface area contributed by atoms with E-state index < -0.39 is 0 Å². The van der Waals surface area contributed by atoms with Crippen molar-refractivity contribution in [1.29, 1.82) is 0 Å². The molecule has 1 aromatic heterocycles. The molecule has 2 rings (SSSR count). The fourth-order valence-electron chi connectivity index (χ4n) is 1.18. The van der Waals surface area contributed by atoms with Crippen LogP contribution in [0.25, 0.3) is 10.6 Å². The van der Waals surface area contributed by atoms with Gasteiger partial charge in [0, 0.05) is 12.1 Å². The van der Waals surface area contributed by atoms with E-state index in [2.05, 4.69) is 10.2 Å². The number of rotatable bonds is 2. The number of hydrogen-bond donors (Lipinski definition) is 1. The Hall–Kier alpha value is -1.33. The molecule has 0 aliphatic carbocycles. The lowest BCUT2D eigenvalue weighted by Gasteiger charge is -1.98. The minimum atomic E-state index is -0.225. The number of benzene rings is 1. The molecule has 0 fully saturated rings. The number of hydrogen-bond acceptors (Lipinski definition) is 4. The van der Waals surface area contributed by atoms with Crippen LogP contribution in [0.1, 0.15) is 10.6 Å². The van der Waals surface area contributed by atoms with Gasteiger partial charge in [0.25, 0.3) is 0 Å². The summed E-state index contributed by atoms with van der Waals surface area (Å²) < 4.78 is 13.3. The molecule has 2 N–H and O–H groups in total. The highest BCUT2D eigenvalue weighted by Gasteiger charge is 2.07. The molecule has 15 heavy (non-hydrogen) atoms. The number of aryl methyl sites for hydroxylation is 1. The average molecular weight is 223 g/mol. The van der Waals surface area contributed by atoms with Gasteiger partial charge in [0.15, 0.2) is 0 Å². The van der Waals surface area contributed by atoms with E-state index >= 15 is 0 Å². The number of aromatic nitrogens is 2. The first kappa shape index (κ1) is 10.2. The van der Waals surface area contributed by atoms with Crippen molar-refractivity contribution in [3.63, 3.8) is 0 Å². The molecule has 3 nitrogen and oxygen atoms in total. The largest absolute Gasteiger partial charge is 0.324 e. The number of halogens is 1. The van der Waals surface area contributed by atoms with Gasteiger partial charge in [-0.15, -0.1) is 10.2 Å². The third-order valence-corrected chi connectivity index (χ3v) is 3.05. The van der Waals surface area contributed by atoms with E-state index in [0.29, 0.717) is 17.1 Å². The van der Waals surface area contributed by atoms with E-state index in [4.69, 9.17) is 5.73 Å². The fraction of sp³-hybridized carbons (Fsp3) is 0.200. The molecular weight excluding hydrogens is 213 g/mol. The second-order valence-corrected chi connectivity index (χ2v) is 4.23. The third kappa shape index (κ3) is 2.03. The molecule has 78 valence electrons. The van der Waals surface area contributed by atoms with Gasteiger partial charge in [0.1, 0.15) is 15.8 Å². The molecule has 5 heteroatoms. The quantitative estimate of drug-likeness (QED) is 0.848. The molecular formula is C10H10FN3S. The van der Waals surface area contributed by atoms with Crippen molar-refractivity contribution in [2.45, 2.75) is 13.5 Å². The summed E-state index contributed by atoms with van der Waals surface area (Å²) in [6.07, 6.45) is 0. The highest BCUT2D eigenvalue weighted by Crippen LogP contribution is 2.24. The van der Waals surface area contributed by atoms with Crippen LogP contribution >= 0.6 is 11.3 Å². The molecule has 0 bridgehead atoms. The van der Waals surface area contributed by atoms with Crippen molar-refractivity contribution in [3.8, 4) is 10.6 Å². The van der Waals surface area contributed by atoms with Crippen LogP contribution in [-0.4, -0.2) is 10.2 Å². The molecule has 0 unspecified atom stereocenters. The molecule has 0 amide bonds. The number of nitrogens with zero attached hydrogens (tertiary/aromatic N) is 2. The highest BCUT2D eigenvalue weighted by atomic mass is 32.1. The van der Waals surface area contributed by atoms with Gasteiger partial charge in [-0.3, -0.25) is 0 Å². The van der Waals surface area contributed by atoms with Crippen LogP contribution in [0.15, 0.2) is 18.2 Å². The van der Waals surface area contributed by atoms with Gasteiger partial charge < -0.3 is 5.73 Å². The summed E-state index contributed by atoms with van der Waals surface area (Å²) in [7, 11) is 0. The summed E-state index contributed by atoms with van der Waals surface area (Å²) in [6.45, 7) is 2.09. The molecule has 0 aliphatic heterocycles. The SMILES string of the molecule is Cc1ccc(-c2nnc(CN)s2)cc1F. The topological polar surface area (TPSA) is 51.8 Å². The Morgan fingerprint density at radius 2 is 2.20 bits per heavy atom. The van der Waals surface area contributed by atoms with Crippen LogP contribution in [-0.2, 0) is 6.54 Å². The molecule has 0 saturated heterocycles. The van der Waals surface area contributed by atoms with Crippen molar-refractivity contribution in [2.24, 2.45) is 5.73 Å². The van der Waals surface area contributed by atoms with Crippen LogP contribution in [0.4, 0.5) is 4.39 Å². The first-order chi connectivity index (χ1) is 7.20. The minimum Gasteiger partial charge on any atom is -0.324 e. The second kappa shape index (κ2) is 4.04. The zero-order chi connectivity index (χ0) is 10.8. The summed E-state index contributed by atoms with van der Waals surface area (Å²) in [6, 6.07) is 5.03. The van der Waals surface area contributed by atoms with E-state index in [0.717, 1.165) is 10.6 Å². The summed E-state index contributed by atoms with van der Waals surface area (Å²) in [5.74, 6) is -0.225. The van der Waals surface area contributed by atoms with Crippen molar-refractivity contribution >= 4 is 11.3 Å². The Morgan fingerprint density at radius 1 is 1.40 bits per heavy atom. The summed E-state index contributed by atoms with van der Waals surface area (Å²) in [4.78, 5) is 0. The summed E-state index contributed by atoms with van der Waals surface area (Å²) in [5, 5.41) is 9.29. The van der Waals surface area contributed by atoms with E-state index in [1.165, 1.54) is 17.4 Å². The molecule has 0 saturated carbocycles. The van der Waals surface area contributed by atoms with E-state index in [1.807, 2.05) is 6.07 Å². The molecule has 0 atom stereocenters. The molecule has 0 aliphatic rings. The van der Waals surface area contributed by atoms with Gasteiger partial charge in [-0.2, -0.15) is 0 Å². The first-order valence-electron chi connectivity index (χ1n) is 4.49.